The molecule has 0 amide bonds. The standard InChI is InChI=1S/C12H21F6NO4S2.C6H11N2/c13-11(14,15)24(20,21)10(25(22,23)12(16,17)18)8-6-4-2-1-3-5-7-9-19;1-3-8-5-4-7(2)6-8/h10H,1-9,19H2;4-6H,3H2,1-2H3/q;+1. The van der Waals surface area contributed by atoms with Gasteiger partial charge < -0.3 is 5.73 Å². The zero-order chi connectivity index (χ0) is 25.9. The van der Waals surface area contributed by atoms with Gasteiger partial charge in [0, 0.05) is 0 Å². The molecule has 33 heavy (non-hydrogen) atoms. The maximum Gasteiger partial charge on any atom is 0.498 e. The minimum atomic E-state index is -6.51. The van der Waals surface area contributed by atoms with Gasteiger partial charge in [-0.1, -0.05) is 38.5 Å². The molecule has 0 aromatic carbocycles. The molecule has 0 aliphatic carbocycles. The fraction of sp³-hybridized carbons (Fsp3) is 0.833. The van der Waals surface area contributed by atoms with E-state index in [0.29, 0.717) is 19.4 Å². The van der Waals surface area contributed by atoms with E-state index in [-0.39, 0.29) is 12.8 Å². The van der Waals surface area contributed by atoms with Gasteiger partial charge in [0.1, 0.15) is 12.4 Å². The minimum absolute atomic E-state index is 0.125. The quantitative estimate of drug-likeness (QED) is 0.252. The molecule has 1 aromatic heterocycles. The normalized spacial score (nSPS) is 13.2. The van der Waals surface area contributed by atoms with Gasteiger partial charge >= 0.3 is 11.0 Å². The summed E-state index contributed by atoms with van der Waals surface area (Å²) in [6.07, 6.45) is 8.09. The summed E-state index contributed by atoms with van der Waals surface area (Å²) < 4.78 is 121. The molecular weight excluding hydrogens is 500 g/mol. The fourth-order valence-electron chi connectivity index (χ4n) is 2.80. The lowest BCUT2D eigenvalue weighted by Gasteiger charge is -2.20. The highest BCUT2D eigenvalue weighted by Gasteiger charge is 2.62. The van der Waals surface area contributed by atoms with Crippen LogP contribution in [0.25, 0.3) is 0 Å². The van der Waals surface area contributed by atoms with Crippen molar-refractivity contribution in [2.24, 2.45) is 12.8 Å². The van der Waals surface area contributed by atoms with E-state index in [1.165, 1.54) is 0 Å². The number of hydrogen-bond donors (Lipinski definition) is 1. The molecule has 15 heteroatoms. The number of aromatic nitrogens is 2. The second-order valence-corrected chi connectivity index (χ2v) is 11.9. The number of nitrogens with two attached hydrogens (primary N) is 1. The number of unbranched alkanes of at least 4 members (excludes halogenated alkanes) is 6. The van der Waals surface area contributed by atoms with Crippen LogP contribution in [0.5, 0.6) is 0 Å². The Labute approximate surface area is 190 Å². The van der Waals surface area contributed by atoms with Crippen LogP contribution in [-0.2, 0) is 33.3 Å². The predicted octanol–water partition coefficient (Wildman–Crippen LogP) is 3.59. The zero-order valence-corrected chi connectivity index (χ0v) is 20.2. The van der Waals surface area contributed by atoms with Crippen LogP contribution in [0.4, 0.5) is 26.3 Å². The Balaban J connectivity index is 0.00000106. The number of halogens is 6. The Bertz CT molecular complexity index is 853. The van der Waals surface area contributed by atoms with Crippen LogP contribution in [0, 0.1) is 0 Å². The molecule has 0 aliphatic heterocycles. The van der Waals surface area contributed by atoms with Crippen molar-refractivity contribution in [2.75, 3.05) is 6.54 Å². The summed E-state index contributed by atoms with van der Waals surface area (Å²) in [5.74, 6) is 0. The summed E-state index contributed by atoms with van der Waals surface area (Å²) in [4.78, 5) is 0. The highest BCUT2D eigenvalue weighted by Crippen LogP contribution is 2.38. The fourth-order valence-corrected chi connectivity index (χ4v) is 6.34. The van der Waals surface area contributed by atoms with Crippen LogP contribution in [0.3, 0.4) is 0 Å². The van der Waals surface area contributed by atoms with Gasteiger partial charge in [-0.3, -0.25) is 0 Å². The lowest BCUT2D eigenvalue weighted by molar-refractivity contribution is -0.671. The van der Waals surface area contributed by atoms with Crippen molar-refractivity contribution in [3.05, 3.63) is 18.7 Å². The van der Waals surface area contributed by atoms with Crippen molar-refractivity contribution in [2.45, 2.75) is 80.4 Å². The van der Waals surface area contributed by atoms with E-state index in [9.17, 15) is 43.2 Å². The Morgan fingerprint density at radius 3 is 1.58 bits per heavy atom. The number of alkyl halides is 6. The summed E-state index contributed by atoms with van der Waals surface area (Å²) >= 11 is 0. The molecule has 0 unspecified atom stereocenters. The summed E-state index contributed by atoms with van der Waals surface area (Å²) in [7, 11) is -11.0. The highest BCUT2D eigenvalue weighted by molar-refractivity contribution is 8.09. The molecular formula is C18H32F6N3O4S2+. The third kappa shape index (κ3) is 10.2. The Morgan fingerprint density at radius 1 is 0.848 bits per heavy atom. The molecule has 0 fully saturated rings. The Hall–Kier alpha value is -1.35. The van der Waals surface area contributed by atoms with Crippen LogP contribution in [0.2, 0.25) is 0 Å². The van der Waals surface area contributed by atoms with E-state index >= 15 is 0 Å². The summed E-state index contributed by atoms with van der Waals surface area (Å²) in [5.41, 5.74) is -6.89. The highest BCUT2D eigenvalue weighted by atomic mass is 32.3. The first-order valence-corrected chi connectivity index (χ1v) is 13.4. The third-order valence-corrected chi connectivity index (χ3v) is 9.34. The first-order chi connectivity index (χ1) is 15.0. The van der Waals surface area contributed by atoms with Crippen LogP contribution in [0.1, 0.15) is 58.3 Å². The Morgan fingerprint density at radius 2 is 1.27 bits per heavy atom. The molecule has 0 bridgehead atoms. The van der Waals surface area contributed by atoms with Crippen LogP contribution in [0.15, 0.2) is 18.7 Å². The maximum atomic E-state index is 12.5. The van der Waals surface area contributed by atoms with Gasteiger partial charge in [-0.2, -0.15) is 26.3 Å². The number of hydrogen-bond acceptors (Lipinski definition) is 5. The van der Waals surface area contributed by atoms with E-state index in [1.54, 1.807) is 0 Å². The largest absolute Gasteiger partial charge is 0.498 e. The predicted molar refractivity (Wildman–Crippen MR) is 111 cm³/mol. The smallest absolute Gasteiger partial charge is 0.330 e. The van der Waals surface area contributed by atoms with Crippen molar-refractivity contribution < 1.29 is 47.7 Å². The monoisotopic (exact) mass is 532 g/mol. The van der Waals surface area contributed by atoms with Gasteiger partial charge in [0.15, 0.2) is 4.58 Å². The van der Waals surface area contributed by atoms with E-state index in [0.717, 1.165) is 25.8 Å². The van der Waals surface area contributed by atoms with E-state index in [1.807, 2.05) is 17.8 Å². The number of imidazole rings is 1. The van der Waals surface area contributed by atoms with Crippen LogP contribution in [-0.4, -0.2) is 43.5 Å². The second kappa shape index (κ2) is 13.5. The number of aryl methyl sites for hydroxylation is 2. The molecule has 1 heterocycles. The minimum Gasteiger partial charge on any atom is -0.330 e. The average molecular weight is 533 g/mol. The molecule has 7 nitrogen and oxygen atoms in total. The number of sulfone groups is 2. The molecule has 0 atom stereocenters. The van der Waals surface area contributed by atoms with Gasteiger partial charge in [0.05, 0.1) is 13.6 Å². The van der Waals surface area contributed by atoms with Crippen molar-refractivity contribution >= 4 is 19.7 Å². The molecule has 0 aliphatic rings. The van der Waals surface area contributed by atoms with E-state index in [4.69, 9.17) is 5.73 Å². The van der Waals surface area contributed by atoms with Crippen molar-refractivity contribution in [1.29, 1.82) is 0 Å². The van der Waals surface area contributed by atoms with Gasteiger partial charge in [0.25, 0.3) is 19.7 Å². The number of rotatable bonds is 12. The summed E-state index contributed by atoms with van der Waals surface area (Å²) in [6.45, 7) is 3.69. The zero-order valence-electron chi connectivity index (χ0n) is 18.6. The van der Waals surface area contributed by atoms with Crippen molar-refractivity contribution in [3.63, 3.8) is 0 Å². The third-order valence-electron chi connectivity index (χ3n) is 4.67. The van der Waals surface area contributed by atoms with Gasteiger partial charge in [-0.15, -0.1) is 0 Å². The second-order valence-electron chi connectivity index (χ2n) is 7.37. The summed E-state index contributed by atoms with van der Waals surface area (Å²) in [5, 5.41) is 0. The molecule has 0 radical (unpaired) electrons. The van der Waals surface area contributed by atoms with Crippen molar-refractivity contribution in [1.82, 2.24) is 4.57 Å². The van der Waals surface area contributed by atoms with Crippen LogP contribution >= 0.6 is 0 Å². The van der Waals surface area contributed by atoms with Gasteiger partial charge in [-0.05, 0) is 26.3 Å². The van der Waals surface area contributed by atoms with E-state index < -0.39 is 41.7 Å². The molecule has 0 saturated carbocycles. The SMILES string of the molecule is CCn1cc[n+](C)c1.NCCCCCCCCCC(S(=O)(=O)C(F)(F)F)S(=O)(=O)C(F)(F)F. The number of nitrogens with zero attached hydrogens (tertiary/aromatic N) is 2. The maximum absolute atomic E-state index is 12.5. The van der Waals surface area contributed by atoms with Crippen molar-refractivity contribution in [3.8, 4) is 0 Å². The molecule has 196 valence electrons. The molecule has 1 rings (SSSR count). The molecule has 1 aromatic rings. The van der Waals surface area contributed by atoms with Gasteiger partial charge in [0.2, 0.25) is 6.33 Å². The molecule has 0 saturated heterocycles. The van der Waals surface area contributed by atoms with Crippen LogP contribution < -0.4 is 10.3 Å². The topological polar surface area (TPSA) is 103 Å². The molecule has 0 spiro atoms. The van der Waals surface area contributed by atoms with Gasteiger partial charge in [-0.25, -0.2) is 26.0 Å². The first-order valence-electron chi connectivity index (χ1n) is 10.3. The Kier molecular flexibility index (Phi) is 13.0. The first kappa shape index (κ1) is 31.6. The average Bonchev–Trinajstić information content (AvgIpc) is 3.10. The van der Waals surface area contributed by atoms with E-state index in [2.05, 4.69) is 24.0 Å². The lowest BCUT2D eigenvalue weighted by atomic mass is 10.1. The lowest BCUT2D eigenvalue weighted by Crippen LogP contribution is -2.44. The molecule has 2 N–H and O–H groups in total. The summed E-state index contributed by atoms with van der Waals surface area (Å²) in [6, 6.07) is 0.